The van der Waals surface area contributed by atoms with Crippen molar-refractivity contribution >= 4 is 23.1 Å². The standard InChI is InChI=1S/C17H21N3O2/c1-3-22-15(21)8-6-12-5-7-13-14(11-12)20(2)16(19-13)17(18)9-4-10-17/h5-8,11H,3-4,9-10,18H2,1-2H3. The molecule has 1 heterocycles. The number of esters is 1. The molecule has 22 heavy (non-hydrogen) atoms. The van der Waals surface area contributed by atoms with Gasteiger partial charge in [0.25, 0.3) is 0 Å². The van der Waals surface area contributed by atoms with E-state index in [9.17, 15) is 4.79 Å². The molecule has 0 spiro atoms. The molecule has 0 saturated heterocycles. The topological polar surface area (TPSA) is 70.1 Å². The van der Waals surface area contributed by atoms with Gasteiger partial charge in [-0.3, -0.25) is 0 Å². The molecule has 0 atom stereocenters. The largest absolute Gasteiger partial charge is 0.463 e. The Morgan fingerprint density at radius 3 is 2.91 bits per heavy atom. The first kappa shape index (κ1) is 14.8. The van der Waals surface area contributed by atoms with E-state index >= 15 is 0 Å². The molecule has 1 saturated carbocycles. The van der Waals surface area contributed by atoms with Crippen LogP contribution < -0.4 is 5.73 Å². The number of hydrogen-bond donors (Lipinski definition) is 1. The van der Waals surface area contributed by atoms with Gasteiger partial charge in [-0.05, 0) is 50.0 Å². The third-order valence-electron chi connectivity index (χ3n) is 4.29. The maximum absolute atomic E-state index is 11.4. The number of rotatable bonds is 4. The van der Waals surface area contributed by atoms with Crippen LogP contribution >= 0.6 is 0 Å². The lowest BCUT2D eigenvalue weighted by molar-refractivity contribution is -0.137. The molecule has 116 valence electrons. The van der Waals surface area contributed by atoms with Crippen LogP contribution in [-0.2, 0) is 22.1 Å². The van der Waals surface area contributed by atoms with Crippen molar-refractivity contribution in [1.82, 2.24) is 9.55 Å². The molecule has 0 aliphatic heterocycles. The van der Waals surface area contributed by atoms with E-state index in [0.29, 0.717) is 6.61 Å². The molecule has 5 nitrogen and oxygen atoms in total. The number of nitrogens with zero attached hydrogens (tertiary/aromatic N) is 2. The van der Waals surface area contributed by atoms with Gasteiger partial charge < -0.3 is 15.0 Å². The summed E-state index contributed by atoms with van der Waals surface area (Å²) in [4.78, 5) is 16.1. The number of fused-ring (bicyclic) bond motifs is 1. The van der Waals surface area contributed by atoms with Crippen LogP contribution in [0.1, 0.15) is 37.6 Å². The lowest BCUT2D eigenvalue weighted by Crippen LogP contribution is -2.45. The maximum Gasteiger partial charge on any atom is 0.330 e. The fraction of sp³-hybridized carbons (Fsp3) is 0.412. The Balaban J connectivity index is 1.93. The third-order valence-corrected chi connectivity index (χ3v) is 4.29. The van der Waals surface area contributed by atoms with Crippen LogP contribution in [0.5, 0.6) is 0 Å². The van der Waals surface area contributed by atoms with E-state index in [2.05, 4.69) is 4.57 Å². The number of benzene rings is 1. The summed E-state index contributed by atoms with van der Waals surface area (Å²) in [6.45, 7) is 2.17. The molecule has 0 unspecified atom stereocenters. The van der Waals surface area contributed by atoms with Crippen molar-refractivity contribution in [3.8, 4) is 0 Å². The molecular weight excluding hydrogens is 278 g/mol. The van der Waals surface area contributed by atoms with Crippen molar-refractivity contribution in [2.24, 2.45) is 12.8 Å². The highest BCUT2D eigenvalue weighted by Gasteiger charge is 2.38. The number of aryl methyl sites for hydroxylation is 1. The fourth-order valence-corrected chi connectivity index (χ4v) is 2.89. The SMILES string of the molecule is CCOC(=O)C=Cc1ccc2nc(C3(N)CCC3)n(C)c2c1. The van der Waals surface area contributed by atoms with E-state index in [4.69, 9.17) is 15.5 Å². The normalized spacial score (nSPS) is 16.9. The van der Waals surface area contributed by atoms with E-state index in [1.807, 2.05) is 25.2 Å². The number of carbonyl (C=O) groups is 1. The molecule has 3 rings (SSSR count). The first-order valence-corrected chi connectivity index (χ1v) is 7.64. The van der Waals surface area contributed by atoms with Crippen LogP contribution in [0.2, 0.25) is 0 Å². The van der Waals surface area contributed by atoms with Gasteiger partial charge in [0.15, 0.2) is 0 Å². The summed E-state index contributed by atoms with van der Waals surface area (Å²) in [7, 11) is 2.00. The van der Waals surface area contributed by atoms with Crippen LogP contribution in [-0.4, -0.2) is 22.1 Å². The minimum absolute atomic E-state index is 0.283. The molecule has 2 N–H and O–H groups in total. The number of carbonyl (C=O) groups excluding carboxylic acids is 1. The first-order valence-electron chi connectivity index (χ1n) is 7.64. The molecule has 0 amide bonds. The van der Waals surface area contributed by atoms with Crippen LogP contribution in [0.4, 0.5) is 0 Å². The molecular formula is C17H21N3O2. The highest BCUT2D eigenvalue weighted by molar-refractivity contribution is 5.88. The van der Waals surface area contributed by atoms with Crippen molar-refractivity contribution in [3.05, 3.63) is 35.7 Å². The fourth-order valence-electron chi connectivity index (χ4n) is 2.89. The summed E-state index contributed by atoms with van der Waals surface area (Å²) in [6.07, 6.45) is 6.33. The van der Waals surface area contributed by atoms with Crippen molar-refractivity contribution in [2.75, 3.05) is 6.61 Å². The van der Waals surface area contributed by atoms with Gasteiger partial charge in [0.2, 0.25) is 0 Å². The lowest BCUT2D eigenvalue weighted by Gasteiger charge is -2.37. The summed E-state index contributed by atoms with van der Waals surface area (Å²) in [5, 5.41) is 0. The third kappa shape index (κ3) is 2.52. The maximum atomic E-state index is 11.4. The Hall–Kier alpha value is -2.14. The smallest absolute Gasteiger partial charge is 0.330 e. The second kappa shape index (κ2) is 5.57. The number of hydrogen-bond acceptors (Lipinski definition) is 4. The van der Waals surface area contributed by atoms with Crippen molar-refractivity contribution in [2.45, 2.75) is 31.7 Å². The number of aromatic nitrogens is 2. The molecule has 0 radical (unpaired) electrons. The van der Waals surface area contributed by atoms with Crippen LogP contribution in [0, 0.1) is 0 Å². The van der Waals surface area contributed by atoms with Crippen molar-refractivity contribution < 1.29 is 9.53 Å². The molecule has 2 aromatic rings. The zero-order chi connectivity index (χ0) is 15.7. The van der Waals surface area contributed by atoms with E-state index < -0.39 is 0 Å². The molecule has 0 bridgehead atoms. The highest BCUT2D eigenvalue weighted by Crippen LogP contribution is 2.39. The molecule has 1 aliphatic rings. The predicted octanol–water partition coefficient (Wildman–Crippen LogP) is 2.49. The van der Waals surface area contributed by atoms with Gasteiger partial charge >= 0.3 is 5.97 Å². The number of imidazole rings is 1. The van der Waals surface area contributed by atoms with Crippen LogP contribution in [0.25, 0.3) is 17.1 Å². The van der Waals surface area contributed by atoms with E-state index in [0.717, 1.165) is 41.7 Å². The van der Waals surface area contributed by atoms with Crippen LogP contribution in [0.15, 0.2) is 24.3 Å². The summed E-state index contributed by atoms with van der Waals surface area (Å²) in [5.74, 6) is 0.615. The average Bonchev–Trinajstić information content (AvgIpc) is 2.80. The highest BCUT2D eigenvalue weighted by atomic mass is 16.5. The van der Waals surface area contributed by atoms with E-state index in [1.54, 1.807) is 13.0 Å². The molecule has 5 heteroatoms. The van der Waals surface area contributed by atoms with Gasteiger partial charge in [0.05, 0.1) is 23.2 Å². The summed E-state index contributed by atoms with van der Waals surface area (Å²) in [6, 6.07) is 5.92. The molecule has 1 fully saturated rings. The van der Waals surface area contributed by atoms with E-state index in [-0.39, 0.29) is 11.5 Å². The van der Waals surface area contributed by atoms with Gasteiger partial charge in [-0.25, -0.2) is 9.78 Å². The summed E-state index contributed by atoms with van der Waals surface area (Å²) < 4.78 is 6.95. The second-order valence-corrected chi connectivity index (χ2v) is 5.84. The van der Waals surface area contributed by atoms with Gasteiger partial charge in [-0.15, -0.1) is 0 Å². The van der Waals surface area contributed by atoms with Gasteiger partial charge in [-0.2, -0.15) is 0 Å². The minimum Gasteiger partial charge on any atom is -0.463 e. The number of ether oxygens (including phenoxy) is 1. The van der Waals surface area contributed by atoms with Gasteiger partial charge in [0, 0.05) is 13.1 Å². The Morgan fingerprint density at radius 2 is 2.27 bits per heavy atom. The Morgan fingerprint density at radius 1 is 1.50 bits per heavy atom. The van der Waals surface area contributed by atoms with Gasteiger partial charge in [-0.1, -0.05) is 6.07 Å². The Labute approximate surface area is 129 Å². The second-order valence-electron chi connectivity index (χ2n) is 5.84. The lowest BCUT2D eigenvalue weighted by atomic mass is 9.77. The number of nitrogens with two attached hydrogens (primary N) is 1. The summed E-state index contributed by atoms with van der Waals surface area (Å²) >= 11 is 0. The zero-order valence-electron chi connectivity index (χ0n) is 13.0. The Bertz CT molecular complexity index is 742. The quantitative estimate of drug-likeness (QED) is 0.695. The monoisotopic (exact) mass is 299 g/mol. The van der Waals surface area contributed by atoms with E-state index in [1.165, 1.54) is 6.08 Å². The first-order chi connectivity index (χ1) is 10.5. The van der Waals surface area contributed by atoms with Gasteiger partial charge in [0.1, 0.15) is 5.82 Å². The predicted molar refractivity (Wildman–Crippen MR) is 86.1 cm³/mol. The minimum atomic E-state index is -0.330. The summed E-state index contributed by atoms with van der Waals surface area (Å²) in [5.41, 5.74) is 9.02. The Kier molecular flexibility index (Phi) is 3.74. The van der Waals surface area contributed by atoms with Crippen LogP contribution in [0.3, 0.4) is 0 Å². The van der Waals surface area contributed by atoms with Crippen molar-refractivity contribution in [1.29, 1.82) is 0 Å². The molecule has 1 aromatic heterocycles. The zero-order valence-corrected chi connectivity index (χ0v) is 13.0. The average molecular weight is 299 g/mol. The molecule has 1 aliphatic carbocycles. The molecule has 1 aromatic carbocycles. The van der Waals surface area contributed by atoms with Crippen molar-refractivity contribution in [3.63, 3.8) is 0 Å².